The molecule has 1 heterocycles. The van der Waals surface area contributed by atoms with Crippen molar-refractivity contribution in [1.29, 1.82) is 0 Å². The molecule has 0 aliphatic rings. The predicted molar refractivity (Wildman–Crippen MR) is 109 cm³/mol. The summed E-state index contributed by atoms with van der Waals surface area (Å²) in [4.78, 5) is 12.1. The molecule has 0 unspecified atom stereocenters. The zero-order valence-corrected chi connectivity index (χ0v) is 17.6. The standard InChI is InChI=1S/C18H25N3OS3/c1-12(2)9-10-14(4)19-16(22)11-24-17-20-21(18(23)25-17)15-8-6-5-7-13(15)3/h5-8,12,14H,9-11H2,1-4H3,(H,19,22)/t14-/m0/s1. The molecule has 0 saturated carbocycles. The van der Waals surface area contributed by atoms with Crippen molar-refractivity contribution in [3.8, 4) is 5.69 Å². The van der Waals surface area contributed by atoms with E-state index in [1.54, 1.807) is 4.68 Å². The fourth-order valence-corrected chi connectivity index (χ4v) is 4.53. The van der Waals surface area contributed by atoms with E-state index in [9.17, 15) is 4.79 Å². The molecule has 1 atom stereocenters. The largest absolute Gasteiger partial charge is 0.353 e. The molecule has 0 radical (unpaired) electrons. The average Bonchev–Trinajstić information content (AvgIpc) is 2.92. The summed E-state index contributed by atoms with van der Waals surface area (Å²) < 4.78 is 3.29. The lowest BCUT2D eigenvalue weighted by Crippen LogP contribution is -2.34. The number of carbonyl (C=O) groups is 1. The van der Waals surface area contributed by atoms with Crippen molar-refractivity contribution in [2.24, 2.45) is 5.92 Å². The maximum absolute atomic E-state index is 12.1. The van der Waals surface area contributed by atoms with Crippen molar-refractivity contribution >= 4 is 41.2 Å². The smallest absolute Gasteiger partial charge is 0.230 e. The molecule has 0 saturated heterocycles. The molecule has 136 valence electrons. The highest BCUT2D eigenvalue weighted by Gasteiger charge is 2.12. The molecule has 0 spiro atoms. The molecule has 0 bridgehead atoms. The number of thioether (sulfide) groups is 1. The van der Waals surface area contributed by atoms with Crippen molar-refractivity contribution in [2.75, 3.05) is 5.75 Å². The summed E-state index contributed by atoms with van der Waals surface area (Å²) in [7, 11) is 0. The van der Waals surface area contributed by atoms with Gasteiger partial charge in [0.2, 0.25) is 5.91 Å². The van der Waals surface area contributed by atoms with Crippen LogP contribution in [0.2, 0.25) is 0 Å². The van der Waals surface area contributed by atoms with Crippen molar-refractivity contribution in [3.63, 3.8) is 0 Å². The molecule has 2 aromatic rings. The van der Waals surface area contributed by atoms with E-state index in [0.717, 1.165) is 28.4 Å². The summed E-state index contributed by atoms with van der Waals surface area (Å²) in [6.07, 6.45) is 2.13. The maximum Gasteiger partial charge on any atom is 0.230 e. The summed E-state index contributed by atoms with van der Waals surface area (Å²) >= 11 is 8.31. The van der Waals surface area contributed by atoms with Crippen LogP contribution in [0, 0.1) is 16.8 Å². The lowest BCUT2D eigenvalue weighted by molar-refractivity contribution is -0.119. The number of carbonyl (C=O) groups excluding carboxylic acids is 1. The predicted octanol–water partition coefficient (Wildman–Crippen LogP) is 5.00. The number of amides is 1. The van der Waals surface area contributed by atoms with Crippen molar-refractivity contribution in [1.82, 2.24) is 15.1 Å². The summed E-state index contributed by atoms with van der Waals surface area (Å²) in [6, 6.07) is 8.22. The van der Waals surface area contributed by atoms with E-state index in [1.165, 1.54) is 23.1 Å². The Morgan fingerprint density at radius 3 is 2.72 bits per heavy atom. The lowest BCUT2D eigenvalue weighted by Gasteiger charge is -2.14. The SMILES string of the molecule is Cc1ccccc1-n1nc(SCC(=O)N[C@@H](C)CCC(C)C)sc1=S. The zero-order chi connectivity index (χ0) is 18.4. The Labute approximate surface area is 163 Å². The van der Waals surface area contributed by atoms with Gasteiger partial charge in [0, 0.05) is 6.04 Å². The minimum Gasteiger partial charge on any atom is -0.353 e. The molecular formula is C18H25N3OS3. The second-order valence-corrected chi connectivity index (χ2v) is 9.41. The van der Waals surface area contributed by atoms with Gasteiger partial charge in [0.1, 0.15) is 0 Å². The van der Waals surface area contributed by atoms with Gasteiger partial charge in [-0.1, -0.05) is 55.1 Å². The van der Waals surface area contributed by atoms with Crippen LogP contribution >= 0.6 is 35.3 Å². The average molecular weight is 396 g/mol. The van der Waals surface area contributed by atoms with E-state index in [1.807, 2.05) is 31.2 Å². The fourth-order valence-electron chi connectivity index (χ4n) is 2.37. The Balaban J connectivity index is 1.92. The van der Waals surface area contributed by atoms with Gasteiger partial charge in [-0.15, -0.1) is 5.10 Å². The third-order valence-corrected chi connectivity index (χ3v) is 6.15. The molecule has 2 rings (SSSR count). The third-order valence-electron chi connectivity index (χ3n) is 3.78. The van der Waals surface area contributed by atoms with Crippen LogP contribution in [-0.4, -0.2) is 27.5 Å². The summed E-state index contributed by atoms with van der Waals surface area (Å²) in [5.74, 6) is 1.07. The van der Waals surface area contributed by atoms with Crippen LogP contribution in [0.5, 0.6) is 0 Å². The maximum atomic E-state index is 12.1. The Kier molecular flexibility index (Phi) is 7.65. The van der Waals surface area contributed by atoms with Gasteiger partial charge in [-0.05, 0) is 56.5 Å². The van der Waals surface area contributed by atoms with Gasteiger partial charge in [0.25, 0.3) is 0 Å². The molecule has 1 aromatic carbocycles. The first-order chi connectivity index (χ1) is 11.9. The van der Waals surface area contributed by atoms with Crippen LogP contribution in [0.3, 0.4) is 0 Å². The molecule has 4 nitrogen and oxygen atoms in total. The Hall–Kier alpha value is -1.18. The fraction of sp³-hybridized carbons (Fsp3) is 0.500. The van der Waals surface area contributed by atoms with Gasteiger partial charge in [-0.3, -0.25) is 4.79 Å². The molecule has 7 heteroatoms. The monoisotopic (exact) mass is 395 g/mol. The number of hydrogen-bond acceptors (Lipinski definition) is 5. The van der Waals surface area contributed by atoms with Crippen molar-refractivity contribution in [3.05, 3.63) is 33.8 Å². The Morgan fingerprint density at radius 1 is 1.32 bits per heavy atom. The second-order valence-electron chi connectivity index (χ2n) is 6.56. The number of nitrogens with zero attached hydrogens (tertiary/aromatic N) is 2. The summed E-state index contributed by atoms with van der Waals surface area (Å²) in [5.41, 5.74) is 2.11. The number of aromatic nitrogens is 2. The third kappa shape index (κ3) is 6.24. The molecule has 1 amide bonds. The molecule has 0 fully saturated rings. The van der Waals surface area contributed by atoms with E-state index in [4.69, 9.17) is 12.2 Å². The van der Waals surface area contributed by atoms with Crippen LogP contribution in [0.25, 0.3) is 5.69 Å². The minimum atomic E-state index is 0.0461. The normalized spacial score (nSPS) is 12.4. The first-order valence-corrected chi connectivity index (χ1v) is 10.7. The highest BCUT2D eigenvalue weighted by Crippen LogP contribution is 2.25. The second kappa shape index (κ2) is 9.50. The van der Waals surface area contributed by atoms with Gasteiger partial charge in [-0.25, -0.2) is 4.68 Å². The molecule has 0 aliphatic heterocycles. The summed E-state index contributed by atoms with van der Waals surface area (Å²) in [6.45, 7) is 8.49. The number of benzene rings is 1. The minimum absolute atomic E-state index is 0.0461. The van der Waals surface area contributed by atoms with Gasteiger partial charge in [0.15, 0.2) is 8.29 Å². The first kappa shape index (κ1) is 20.1. The number of hydrogen-bond donors (Lipinski definition) is 1. The van der Waals surface area contributed by atoms with Gasteiger partial charge in [0.05, 0.1) is 11.4 Å². The number of nitrogens with one attached hydrogen (secondary N) is 1. The van der Waals surface area contributed by atoms with Crippen LogP contribution < -0.4 is 5.32 Å². The molecule has 1 aromatic heterocycles. The highest BCUT2D eigenvalue weighted by atomic mass is 32.2. The van der Waals surface area contributed by atoms with E-state index in [-0.39, 0.29) is 11.9 Å². The van der Waals surface area contributed by atoms with Crippen LogP contribution in [-0.2, 0) is 4.79 Å². The van der Waals surface area contributed by atoms with E-state index in [0.29, 0.717) is 15.6 Å². The molecule has 25 heavy (non-hydrogen) atoms. The van der Waals surface area contributed by atoms with Crippen LogP contribution in [0.15, 0.2) is 28.6 Å². The quantitative estimate of drug-likeness (QED) is 0.504. The van der Waals surface area contributed by atoms with E-state index < -0.39 is 0 Å². The van der Waals surface area contributed by atoms with Crippen molar-refractivity contribution in [2.45, 2.75) is 50.9 Å². The number of aryl methyl sites for hydroxylation is 1. The Morgan fingerprint density at radius 2 is 2.04 bits per heavy atom. The molecule has 0 aliphatic carbocycles. The van der Waals surface area contributed by atoms with Crippen LogP contribution in [0.1, 0.15) is 39.2 Å². The summed E-state index contributed by atoms with van der Waals surface area (Å²) in [5, 5.41) is 7.62. The topological polar surface area (TPSA) is 46.9 Å². The van der Waals surface area contributed by atoms with Crippen LogP contribution in [0.4, 0.5) is 0 Å². The highest BCUT2D eigenvalue weighted by molar-refractivity contribution is 8.01. The molecule has 1 N–H and O–H groups in total. The molecular weight excluding hydrogens is 370 g/mol. The van der Waals surface area contributed by atoms with E-state index in [2.05, 4.69) is 31.2 Å². The van der Waals surface area contributed by atoms with Gasteiger partial charge < -0.3 is 5.32 Å². The Bertz CT molecular complexity index is 767. The van der Waals surface area contributed by atoms with Gasteiger partial charge in [-0.2, -0.15) is 0 Å². The van der Waals surface area contributed by atoms with Gasteiger partial charge >= 0.3 is 0 Å². The zero-order valence-electron chi connectivity index (χ0n) is 15.1. The number of rotatable bonds is 8. The van der Waals surface area contributed by atoms with E-state index >= 15 is 0 Å². The van der Waals surface area contributed by atoms with Crippen molar-refractivity contribution < 1.29 is 4.79 Å². The number of para-hydroxylation sites is 1. The first-order valence-electron chi connectivity index (χ1n) is 8.45. The lowest BCUT2D eigenvalue weighted by atomic mass is 10.0.